The summed E-state index contributed by atoms with van der Waals surface area (Å²) < 4.78 is 0. The largest absolute Gasteiger partial charge is 0.353 e. The van der Waals surface area contributed by atoms with E-state index in [-0.39, 0.29) is 23.9 Å². The third-order valence-corrected chi connectivity index (χ3v) is 5.01. The maximum atomic E-state index is 12.4. The van der Waals surface area contributed by atoms with Crippen molar-refractivity contribution in [2.45, 2.75) is 77.3 Å². The fraction of sp³-hybridized carbons (Fsp3) is 0.882. The number of likely N-dealkylation sites (tertiary alicyclic amines) is 1. The number of urea groups is 1. The van der Waals surface area contributed by atoms with Gasteiger partial charge in [-0.2, -0.15) is 0 Å². The summed E-state index contributed by atoms with van der Waals surface area (Å²) in [5.41, 5.74) is 0. The highest BCUT2D eigenvalue weighted by atomic mass is 16.2. The van der Waals surface area contributed by atoms with Gasteiger partial charge < -0.3 is 15.5 Å². The number of nitrogens with one attached hydrogen (secondary N) is 2. The molecule has 0 radical (unpaired) electrons. The Kier molecular flexibility index (Phi) is 6.52. The maximum Gasteiger partial charge on any atom is 0.317 e. The van der Waals surface area contributed by atoms with Crippen molar-refractivity contribution in [1.82, 2.24) is 15.5 Å². The number of hydrogen-bond donors (Lipinski definition) is 2. The van der Waals surface area contributed by atoms with E-state index in [9.17, 15) is 9.59 Å². The van der Waals surface area contributed by atoms with Crippen LogP contribution in [0.2, 0.25) is 0 Å². The Morgan fingerprint density at radius 2 is 1.86 bits per heavy atom. The number of carbonyl (C=O) groups excluding carboxylic acids is 2. The molecule has 1 aliphatic heterocycles. The van der Waals surface area contributed by atoms with Crippen LogP contribution in [-0.4, -0.2) is 42.0 Å². The Hall–Kier alpha value is -1.26. The summed E-state index contributed by atoms with van der Waals surface area (Å²) in [6.45, 7) is 5.41. The molecule has 22 heavy (non-hydrogen) atoms. The molecule has 0 aromatic rings. The lowest BCUT2D eigenvalue weighted by Crippen LogP contribution is -2.51. The summed E-state index contributed by atoms with van der Waals surface area (Å²) in [6.07, 6.45) is 8.63. The van der Waals surface area contributed by atoms with E-state index in [1.54, 1.807) is 0 Å². The molecule has 5 heteroatoms. The molecular weight excluding hydrogens is 278 g/mol. The summed E-state index contributed by atoms with van der Waals surface area (Å²) in [7, 11) is 0. The average Bonchev–Trinajstić information content (AvgIpc) is 2.55. The highest BCUT2D eigenvalue weighted by Crippen LogP contribution is 2.20. The third kappa shape index (κ3) is 4.89. The lowest BCUT2D eigenvalue weighted by Gasteiger charge is -2.34. The smallest absolute Gasteiger partial charge is 0.317 e. The molecule has 1 saturated heterocycles. The van der Waals surface area contributed by atoms with Crippen LogP contribution in [-0.2, 0) is 4.79 Å². The SMILES string of the molecule is CC[C@@H](C)NC(=O)[C@H]1CCCN(C(=O)NC2CCCCC2)C1. The van der Waals surface area contributed by atoms with Gasteiger partial charge in [0.05, 0.1) is 5.92 Å². The van der Waals surface area contributed by atoms with Gasteiger partial charge in [-0.15, -0.1) is 0 Å². The van der Waals surface area contributed by atoms with Gasteiger partial charge in [-0.05, 0) is 39.0 Å². The number of hydrogen-bond acceptors (Lipinski definition) is 2. The number of nitrogens with zero attached hydrogens (tertiary/aromatic N) is 1. The minimum absolute atomic E-state index is 0.0212. The first-order chi connectivity index (χ1) is 10.6. The molecule has 2 aliphatic rings. The zero-order chi connectivity index (χ0) is 15.9. The first kappa shape index (κ1) is 17.1. The van der Waals surface area contributed by atoms with Crippen LogP contribution in [0.25, 0.3) is 0 Å². The van der Waals surface area contributed by atoms with Crippen molar-refractivity contribution in [1.29, 1.82) is 0 Å². The predicted molar refractivity (Wildman–Crippen MR) is 87.6 cm³/mol. The van der Waals surface area contributed by atoms with Gasteiger partial charge in [0.25, 0.3) is 0 Å². The van der Waals surface area contributed by atoms with Crippen LogP contribution < -0.4 is 10.6 Å². The predicted octanol–water partition coefficient (Wildman–Crippen LogP) is 2.66. The highest BCUT2D eigenvalue weighted by molar-refractivity contribution is 5.81. The molecule has 126 valence electrons. The highest BCUT2D eigenvalue weighted by Gasteiger charge is 2.29. The Bertz CT molecular complexity index is 380. The van der Waals surface area contributed by atoms with Crippen molar-refractivity contribution in [2.75, 3.05) is 13.1 Å². The molecule has 2 atom stereocenters. The molecule has 0 bridgehead atoms. The van der Waals surface area contributed by atoms with Crippen molar-refractivity contribution in [3.05, 3.63) is 0 Å². The first-order valence-electron chi connectivity index (χ1n) is 8.96. The summed E-state index contributed by atoms with van der Waals surface area (Å²) in [5, 5.41) is 6.20. The van der Waals surface area contributed by atoms with E-state index in [0.717, 1.165) is 38.6 Å². The van der Waals surface area contributed by atoms with Crippen LogP contribution >= 0.6 is 0 Å². The second-order valence-electron chi connectivity index (χ2n) is 6.89. The molecule has 0 unspecified atom stereocenters. The molecule has 0 aromatic heterocycles. The molecular formula is C17H31N3O2. The van der Waals surface area contributed by atoms with Gasteiger partial charge in [0, 0.05) is 25.2 Å². The van der Waals surface area contributed by atoms with Crippen LogP contribution in [0, 0.1) is 5.92 Å². The minimum Gasteiger partial charge on any atom is -0.353 e. The lowest BCUT2D eigenvalue weighted by molar-refractivity contribution is -0.126. The van der Waals surface area contributed by atoms with Gasteiger partial charge in [0.2, 0.25) is 5.91 Å². The Morgan fingerprint density at radius 1 is 1.14 bits per heavy atom. The van der Waals surface area contributed by atoms with E-state index in [1.807, 2.05) is 11.8 Å². The average molecular weight is 309 g/mol. The van der Waals surface area contributed by atoms with Gasteiger partial charge in [0.1, 0.15) is 0 Å². The van der Waals surface area contributed by atoms with Crippen LogP contribution in [0.5, 0.6) is 0 Å². The topological polar surface area (TPSA) is 61.4 Å². The summed E-state index contributed by atoms with van der Waals surface area (Å²) in [4.78, 5) is 26.5. The quantitative estimate of drug-likeness (QED) is 0.838. The molecule has 1 saturated carbocycles. The van der Waals surface area contributed by atoms with Gasteiger partial charge in [0.15, 0.2) is 0 Å². The molecule has 5 nitrogen and oxygen atoms in total. The molecule has 0 spiro atoms. The normalized spacial score (nSPS) is 24.6. The Morgan fingerprint density at radius 3 is 2.55 bits per heavy atom. The fourth-order valence-corrected chi connectivity index (χ4v) is 3.35. The second kappa shape index (κ2) is 8.39. The summed E-state index contributed by atoms with van der Waals surface area (Å²) >= 11 is 0. The molecule has 2 rings (SSSR count). The van der Waals surface area contributed by atoms with E-state index in [1.165, 1.54) is 19.3 Å². The van der Waals surface area contributed by atoms with E-state index >= 15 is 0 Å². The zero-order valence-electron chi connectivity index (χ0n) is 14.1. The van der Waals surface area contributed by atoms with Crippen LogP contribution in [0.1, 0.15) is 65.2 Å². The molecule has 3 amide bonds. The molecule has 0 aromatic carbocycles. The summed E-state index contributed by atoms with van der Waals surface area (Å²) in [6, 6.07) is 0.558. The minimum atomic E-state index is -0.0557. The standard InChI is InChI=1S/C17H31N3O2/c1-3-13(2)18-16(21)14-8-7-11-20(12-14)17(22)19-15-9-5-4-6-10-15/h13-15H,3-12H2,1-2H3,(H,18,21)(H,19,22)/t13-,14+/m1/s1. The molecule has 2 N–H and O–H groups in total. The van der Waals surface area contributed by atoms with E-state index < -0.39 is 0 Å². The van der Waals surface area contributed by atoms with Crippen LogP contribution in [0.15, 0.2) is 0 Å². The zero-order valence-corrected chi connectivity index (χ0v) is 14.1. The van der Waals surface area contributed by atoms with Gasteiger partial charge in [-0.3, -0.25) is 4.79 Å². The van der Waals surface area contributed by atoms with Gasteiger partial charge in [-0.1, -0.05) is 26.2 Å². The molecule has 2 fully saturated rings. The van der Waals surface area contributed by atoms with E-state index in [0.29, 0.717) is 12.6 Å². The first-order valence-corrected chi connectivity index (χ1v) is 8.96. The molecule has 1 aliphatic carbocycles. The van der Waals surface area contributed by atoms with Crippen LogP contribution in [0.3, 0.4) is 0 Å². The lowest BCUT2D eigenvalue weighted by atomic mass is 9.95. The van der Waals surface area contributed by atoms with Gasteiger partial charge in [-0.25, -0.2) is 4.79 Å². The third-order valence-electron chi connectivity index (χ3n) is 5.01. The Labute approximate surface area is 134 Å². The number of carbonyl (C=O) groups is 2. The van der Waals surface area contributed by atoms with Crippen molar-refractivity contribution < 1.29 is 9.59 Å². The number of amides is 3. The van der Waals surface area contributed by atoms with Crippen molar-refractivity contribution in [2.24, 2.45) is 5.92 Å². The fourth-order valence-electron chi connectivity index (χ4n) is 3.35. The van der Waals surface area contributed by atoms with Gasteiger partial charge >= 0.3 is 6.03 Å². The van der Waals surface area contributed by atoms with Crippen molar-refractivity contribution in [3.8, 4) is 0 Å². The van der Waals surface area contributed by atoms with Crippen molar-refractivity contribution in [3.63, 3.8) is 0 Å². The van der Waals surface area contributed by atoms with Crippen molar-refractivity contribution >= 4 is 11.9 Å². The van der Waals surface area contributed by atoms with Crippen LogP contribution in [0.4, 0.5) is 4.79 Å². The van der Waals surface area contributed by atoms with E-state index in [4.69, 9.17) is 0 Å². The number of rotatable bonds is 4. The number of piperidine rings is 1. The monoisotopic (exact) mass is 309 g/mol. The maximum absolute atomic E-state index is 12.4. The Balaban J connectivity index is 1.81. The second-order valence-corrected chi connectivity index (χ2v) is 6.89. The van der Waals surface area contributed by atoms with E-state index in [2.05, 4.69) is 17.6 Å². The summed E-state index contributed by atoms with van der Waals surface area (Å²) in [5.74, 6) is 0.0457. The molecule has 1 heterocycles.